The van der Waals surface area contributed by atoms with E-state index in [1.807, 2.05) is 24.3 Å². The molecule has 86 valence electrons. The van der Waals surface area contributed by atoms with Crippen molar-refractivity contribution in [3.63, 3.8) is 0 Å². The van der Waals surface area contributed by atoms with Gasteiger partial charge in [-0.1, -0.05) is 22.5 Å². The van der Waals surface area contributed by atoms with Crippen LogP contribution < -0.4 is 0 Å². The number of rotatable bonds is 5. The molecule has 0 radical (unpaired) electrons. The molecule has 0 aliphatic carbocycles. The molecule has 2 nitrogen and oxygen atoms in total. The van der Waals surface area contributed by atoms with E-state index in [9.17, 15) is 4.79 Å². The lowest BCUT2D eigenvalue weighted by atomic mass is 10.3. The Bertz CT molecular complexity index is 373. The van der Waals surface area contributed by atoms with E-state index < -0.39 is 0 Å². The van der Waals surface area contributed by atoms with Crippen LogP contribution in [0.1, 0.15) is 6.92 Å². The van der Waals surface area contributed by atoms with Crippen molar-refractivity contribution >= 4 is 33.7 Å². The van der Waals surface area contributed by atoms with Crippen molar-refractivity contribution in [1.29, 1.82) is 0 Å². The minimum absolute atomic E-state index is 0.313. The second-order valence-electron chi connectivity index (χ2n) is 3.07. The molecule has 0 fully saturated rings. The fraction of sp³-hybridized carbons (Fsp3) is 0.250. The van der Waals surface area contributed by atoms with Crippen molar-refractivity contribution < 1.29 is 9.53 Å². The van der Waals surface area contributed by atoms with Gasteiger partial charge in [-0.2, -0.15) is 0 Å². The van der Waals surface area contributed by atoms with Gasteiger partial charge >= 0.3 is 5.97 Å². The minimum atomic E-state index is -0.313. The molecule has 0 heterocycles. The van der Waals surface area contributed by atoms with Crippen molar-refractivity contribution in [3.05, 3.63) is 40.9 Å². The van der Waals surface area contributed by atoms with Crippen molar-refractivity contribution in [2.24, 2.45) is 0 Å². The third-order valence-electron chi connectivity index (χ3n) is 1.79. The number of hydrogen-bond acceptors (Lipinski definition) is 3. The van der Waals surface area contributed by atoms with E-state index in [2.05, 4.69) is 22.5 Å². The molecular formula is C12H13BrO2S. The lowest BCUT2D eigenvalue weighted by Gasteiger charge is -2.05. The zero-order valence-corrected chi connectivity index (χ0v) is 11.4. The van der Waals surface area contributed by atoms with Crippen LogP contribution in [0.5, 0.6) is 0 Å². The van der Waals surface area contributed by atoms with Crippen molar-refractivity contribution in [1.82, 2.24) is 0 Å². The van der Waals surface area contributed by atoms with Crippen LogP contribution in [-0.4, -0.2) is 18.3 Å². The largest absolute Gasteiger partial charge is 0.463 e. The maximum absolute atomic E-state index is 11.3. The number of halogens is 1. The number of esters is 1. The minimum Gasteiger partial charge on any atom is -0.463 e. The number of ether oxygens (including phenoxy) is 1. The van der Waals surface area contributed by atoms with Gasteiger partial charge < -0.3 is 4.74 Å². The van der Waals surface area contributed by atoms with Crippen LogP contribution in [0.25, 0.3) is 0 Å². The number of benzene rings is 1. The molecule has 0 spiro atoms. The smallest absolute Gasteiger partial charge is 0.334 e. The van der Waals surface area contributed by atoms with Gasteiger partial charge in [0.1, 0.15) is 0 Å². The predicted molar refractivity (Wildman–Crippen MR) is 70.6 cm³/mol. The average molecular weight is 301 g/mol. The van der Waals surface area contributed by atoms with E-state index in [1.165, 1.54) is 0 Å². The number of carbonyl (C=O) groups excluding carboxylic acids is 1. The van der Waals surface area contributed by atoms with Gasteiger partial charge in [0.05, 0.1) is 6.61 Å². The Morgan fingerprint density at radius 2 is 2.06 bits per heavy atom. The first-order valence-corrected chi connectivity index (χ1v) is 6.64. The van der Waals surface area contributed by atoms with Gasteiger partial charge in [-0.3, -0.25) is 0 Å². The molecule has 0 saturated carbocycles. The highest BCUT2D eigenvalue weighted by molar-refractivity contribution is 9.10. The Hall–Kier alpha value is -0.740. The highest BCUT2D eigenvalue weighted by Crippen LogP contribution is 2.22. The molecule has 1 aromatic rings. The molecule has 0 N–H and O–H groups in total. The fourth-order valence-corrected chi connectivity index (χ4v) is 2.04. The van der Waals surface area contributed by atoms with E-state index in [1.54, 1.807) is 18.7 Å². The molecule has 0 saturated heterocycles. The predicted octanol–water partition coefficient (Wildman–Crippen LogP) is 3.66. The summed E-state index contributed by atoms with van der Waals surface area (Å²) in [6.07, 6.45) is 0. The van der Waals surface area contributed by atoms with Gasteiger partial charge in [-0.25, -0.2) is 4.79 Å². The van der Waals surface area contributed by atoms with Crippen molar-refractivity contribution in [3.8, 4) is 0 Å². The Morgan fingerprint density at radius 3 is 2.62 bits per heavy atom. The molecule has 1 rings (SSSR count). The van der Waals surface area contributed by atoms with E-state index in [0.717, 1.165) is 9.37 Å². The van der Waals surface area contributed by atoms with Crippen LogP contribution in [0.4, 0.5) is 0 Å². The summed E-state index contributed by atoms with van der Waals surface area (Å²) in [6, 6.07) is 7.92. The van der Waals surface area contributed by atoms with Gasteiger partial charge in [-0.15, -0.1) is 11.8 Å². The van der Waals surface area contributed by atoms with Gasteiger partial charge in [0.15, 0.2) is 0 Å². The third-order valence-corrected chi connectivity index (χ3v) is 3.42. The molecule has 0 atom stereocenters. The van der Waals surface area contributed by atoms with Crippen molar-refractivity contribution in [2.45, 2.75) is 11.8 Å². The van der Waals surface area contributed by atoms with Crippen LogP contribution in [0.3, 0.4) is 0 Å². The Morgan fingerprint density at radius 1 is 1.44 bits per heavy atom. The molecule has 0 unspecified atom stereocenters. The summed E-state index contributed by atoms with van der Waals surface area (Å²) >= 11 is 4.94. The van der Waals surface area contributed by atoms with Crippen LogP contribution in [0.2, 0.25) is 0 Å². The van der Waals surface area contributed by atoms with Crippen LogP contribution in [0.15, 0.2) is 45.8 Å². The topological polar surface area (TPSA) is 26.3 Å². The van der Waals surface area contributed by atoms with Gasteiger partial charge in [-0.05, 0) is 31.2 Å². The standard InChI is InChI=1S/C12H13BrO2S/c1-3-15-12(14)9(2)8-16-11-6-4-10(13)5-7-11/h4-7H,2-3,8H2,1H3. The maximum atomic E-state index is 11.3. The first kappa shape index (κ1) is 13.3. The van der Waals surface area contributed by atoms with Gasteiger partial charge in [0, 0.05) is 20.7 Å². The second-order valence-corrected chi connectivity index (χ2v) is 5.03. The molecule has 1 aromatic carbocycles. The van der Waals surface area contributed by atoms with E-state index in [-0.39, 0.29) is 5.97 Å². The van der Waals surface area contributed by atoms with E-state index in [4.69, 9.17) is 4.74 Å². The highest BCUT2D eigenvalue weighted by Gasteiger charge is 2.07. The second kappa shape index (κ2) is 6.76. The fourth-order valence-electron chi connectivity index (χ4n) is 0.993. The molecule has 0 aliphatic heterocycles. The van der Waals surface area contributed by atoms with Gasteiger partial charge in [0.2, 0.25) is 0 Å². The lowest BCUT2D eigenvalue weighted by molar-refractivity contribution is -0.138. The first-order chi connectivity index (χ1) is 7.63. The number of carbonyl (C=O) groups is 1. The summed E-state index contributed by atoms with van der Waals surface area (Å²) in [6.45, 7) is 5.88. The molecule has 0 aliphatic rings. The SMILES string of the molecule is C=C(CSc1ccc(Br)cc1)C(=O)OCC. The average Bonchev–Trinajstić information content (AvgIpc) is 2.28. The lowest BCUT2D eigenvalue weighted by Crippen LogP contribution is -2.08. The molecule has 0 amide bonds. The molecule has 0 bridgehead atoms. The quantitative estimate of drug-likeness (QED) is 0.471. The van der Waals surface area contributed by atoms with Crippen LogP contribution >= 0.6 is 27.7 Å². The third kappa shape index (κ3) is 4.41. The monoisotopic (exact) mass is 300 g/mol. The normalized spacial score (nSPS) is 9.88. The molecule has 16 heavy (non-hydrogen) atoms. The maximum Gasteiger partial charge on any atom is 0.334 e. The number of hydrogen-bond donors (Lipinski definition) is 0. The Balaban J connectivity index is 2.42. The van der Waals surface area contributed by atoms with Crippen LogP contribution in [-0.2, 0) is 9.53 Å². The number of thioether (sulfide) groups is 1. The van der Waals surface area contributed by atoms with Gasteiger partial charge in [0.25, 0.3) is 0 Å². The zero-order chi connectivity index (χ0) is 12.0. The molecular weight excluding hydrogens is 288 g/mol. The summed E-state index contributed by atoms with van der Waals surface area (Å²) < 4.78 is 5.89. The Kier molecular flexibility index (Phi) is 5.63. The summed E-state index contributed by atoms with van der Waals surface area (Å²) in [5.74, 6) is 0.243. The summed E-state index contributed by atoms with van der Waals surface area (Å²) in [5.41, 5.74) is 0.495. The van der Waals surface area contributed by atoms with E-state index >= 15 is 0 Å². The molecule has 4 heteroatoms. The zero-order valence-electron chi connectivity index (χ0n) is 9.03. The highest BCUT2D eigenvalue weighted by atomic mass is 79.9. The van der Waals surface area contributed by atoms with Crippen molar-refractivity contribution in [2.75, 3.05) is 12.4 Å². The first-order valence-electron chi connectivity index (χ1n) is 4.86. The van der Waals surface area contributed by atoms with E-state index in [0.29, 0.717) is 17.9 Å². The summed E-state index contributed by atoms with van der Waals surface area (Å²) in [4.78, 5) is 12.4. The summed E-state index contributed by atoms with van der Waals surface area (Å²) in [7, 11) is 0. The summed E-state index contributed by atoms with van der Waals surface area (Å²) in [5, 5.41) is 0. The molecule has 0 aromatic heterocycles. The van der Waals surface area contributed by atoms with Crippen LogP contribution in [0, 0.1) is 0 Å². The Labute approximate surface area is 108 Å².